The molecule has 1 aromatic heterocycles. The monoisotopic (exact) mass is 416 g/mol. The van der Waals surface area contributed by atoms with E-state index in [0.717, 1.165) is 49.0 Å². The van der Waals surface area contributed by atoms with Gasteiger partial charge in [-0.15, -0.1) is 11.3 Å². The lowest BCUT2D eigenvalue weighted by Gasteiger charge is -2.11. The first-order chi connectivity index (χ1) is 14.0. The van der Waals surface area contributed by atoms with Crippen LogP contribution >= 0.6 is 11.3 Å². The van der Waals surface area contributed by atoms with E-state index in [1.807, 2.05) is 0 Å². The first kappa shape index (κ1) is 20.9. The Morgan fingerprint density at radius 1 is 1.10 bits per heavy atom. The second-order valence-corrected chi connectivity index (χ2v) is 7.97. The molecule has 0 radical (unpaired) electrons. The minimum Gasteiger partial charge on any atom is -0.465 e. The second-order valence-electron chi connectivity index (χ2n) is 6.86. The first-order valence-electron chi connectivity index (χ1n) is 9.55. The van der Waals surface area contributed by atoms with Crippen molar-refractivity contribution in [2.45, 2.75) is 38.5 Å². The lowest BCUT2D eigenvalue weighted by molar-refractivity contribution is -0.119. The van der Waals surface area contributed by atoms with Crippen LogP contribution in [0.2, 0.25) is 0 Å². The summed E-state index contributed by atoms with van der Waals surface area (Å²) in [5.74, 6) is -1.61. The van der Waals surface area contributed by atoms with Crippen LogP contribution in [0.5, 0.6) is 0 Å². The number of aryl methyl sites for hydroxylation is 1. The van der Waals surface area contributed by atoms with E-state index in [0.29, 0.717) is 16.3 Å². The van der Waals surface area contributed by atoms with Gasteiger partial charge in [0.15, 0.2) is 6.61 Å². The van der Waals surface area contributed by atoms with Gasteiger partial charge >= 0.3 is 11.9 Å². The summed E-state index contributed by atoms with van der Waals surface area (Å²) in [6.07, 6.45) is 6.00. The molecule has 0 aliphatic heterocycles. The van der Waals surface area contributed by atoms with Gasteiger partial charge in [-0.1, -0.05) is 18.9 Å². The van der Waals surface area contributed by atoms with Gasteiger partial charge in [0.1, 0.15) is 5.00 Å². The van der Waals surface area contributed by atoms with Crippen LogP contribution in [0.25, 0.3) is 0 Å². The number of rotatable bonds is 5. The Bertz CT molecular complexity index is 922. The number of nitrogens with two attached hydrogens (primary N) is 1. The molecule has 1 aromatic carbocycles. The van der Waals surface area contributed by atoms with E-state index in [-0.39, 0.29) is 5.56 Å². The Hall–Kier alpha value is -2.87. The third-order valence-corrected chi connectivity index (χ3v) is 5.98. The van der Waals surface area contributed by atoms with E-state index >= 15 is 0 Å². The Morgan fingerprint density at radius 3 is 2.59 bits per heavy atom. The zero-order valence-electron chi connectivity index (χ0n) is 16.3. The van der Waals surface area contributed by atoms with Crippen LogP contribution in [0, 0.1) is 0 Å². The number of amides is 1. The molecule has 0 atom stereocenters. The van der Waals surface area contributed by atoms with Crippen molar-refractivity contribution in [3.63, 3.8) is 0 Å². The molecule has 29 heavy (non-hydrogen) atoms. The van der Waals surface area contributed by atoms with Crippen molar-refractivity contribution in [2.24, 2.45) is 0 Å². The fourth-order valence-electron chi connectivity index (χ4n) is 3.37. The summed E-state index contributed by atoms with van der Waals surface area (Å²) in [7, 11) is 1.33. The number of methoxy groups -OCH3 is 1. The fourth-order valence-corrected chi connectivity index (χ4v) is 4.66. The van der Waals surface area contributed by atoms with E-state index in [1.54, 1.807) is 18.2 Å². The van der Waals surface area contributed by atoms with E-state index in [9.17, 15) is 14.4 Å². The molecule has 1 aliphatic carbocycles. The topological polar surface area (TPSA) is 108 Å². The number of fused-ring (bicyclic) bond motifs is 1. The number of carbonyl (C=O) groups excluding carboxylic acids is 3. The standard InChI is InChI=1S/C21H24N2O5S/c1-27-21(26)18-15-9-4-2-3-5-10-16(15)29-19(18)23-17(24)12-28-20(25)13-7-6-8-14(22)11-13/h6-8,11H,2-5,9-10,12,22H2,1H3,(H,23,24). The van der Waals surface area contributed by atoms with Gasteiger partial charge in [0.25, 0.3) is 5.91 Å². The second kappa shape index (κ2) is 9.56. The largest absolute Gasteiger partial charge is 0.465 e. The Balaban J connectivity index is 1.71. The van der Waals surface area contributed by atoms with Crippen molar-refractivity contribution >= 4 is 39.9 Å². The molecule has 1 heterocycles. The smallest absolute Gasteiger partial charge is 0.341 e. The van der Waals surface area contributed by atoms with Gasteiger partial charge in [-0.2, -0.15) is 0 Å². The van der Waals surface area contributed by atoms with Gasteiger partial charge in [0.05, 0.1) is 18.2 Å². The molecule has 0 saturated carbocycles. The number of esters is 2. The Labute approximate surface area is 173 Å². The molecular weight excluding hydrogens is 392 g/mol. The van der Waals surface area contributed by atoms with Crippen LogP contribution in [0.15, 0.2) is 24.3 Å². The summed E-state index contributed by atoms with van der Waals surface area (Å²) in [4.78, 5) is 37.9. The van der Waals surface area contributed by atoms with Crippen molar-refractivity contribution in [3.05, 3.63) is 45.8 Å². The maximum atomic E-state index is 12.4. The molecule has 2 aromatic rings. The van der Waals surface area contributed by atoms with Gasteiger partial charge in [-0.05, 0) is 49.4 Å². The van der Waals surface area contributed by atoms with Gasteiger partial charge in [0.2, 0.25) is 0 Å². The Morgan fingerprint density at radius 2 is 1.86 bits per heavy atom. The molecule has 0 unspecified atom stereocenters. The van der Waals surface area contributed by atoms with Crippen LogP contribution in [-0.4, -0.2) is 31.6 Å². The lowest BCUT2D eigenvalue weighted by Crippen LogP contribution is -2.21. The molecule has 0 saturated heterocycles. The van der Waals surface area contributed by atoms with Crippen molar-refractivity contribution in [1.82, 2.24) is 0 Å². The van der Waals surface area contributed by atoms with Crippen LogP contribution in [0.1, 0.15) is 56.8 Å². The summed E-state index contributed by atoms with van der Waals surface area (Å²) in [6.45, 7) is -0.461. The van der Waals surface area contributed by atoms with Crippen LogP contribution in [0.4, 0.5) is 10.7 Å². The van der Waals surface area contributed by atoms with Gasteiger partial charge in [-0.25, -0.2) is 9.59 Å². The third kappa shape index (κ3) is 5.14. The van der Waals surface area contributed by atoms with Crippen molar-refractivity contribution in [2.75, 3.05) is 24.8 Å². The van der Waals surface area contributed by atoms with E-state index in [1.165, 1.54) is 24.5 Å². The molecule has 8 heteroatoms. The zero-order chi connectivity index (χ0) is 20.8. The number of nitrogen functional groups attached to an aromatic ring is 1. The first-order valence-corrected chi connectivity index (χ1v) is 10.4. The van der Waals surface area contributed by atoms with Gasteiger partial charge in [0, 0.05) is 10.6 Å². The number of nitrogens with one attached hydrogen (secondary N) is 1. The summed E-state index contributed by atoms with van der Waals surface area (Å²) in [5.41, 5.74) is 7.74. The minimum atomic E-state index is -0.640. The van der Waals surface area contributed by atoms with Crippen LogP contribution in [0.3, 0.4) is 0 Å². The summed E-state index contributed by atoms with van der Waals surface area (Å²) >= 11 is 1.40. The highest BCUT2D eigenvalue weighted by atomic mass is 32.1. The molecule has 7 nitrogen and oxygen atoms in total. The van der Waals surface area contributed by atoms with Crippen LogP contribution in [-0.2, 0) is 27.1 Å². The Kier molecular flexibility index (Phi) is 6.87. The maximum absolute atomic E-state index is 12.4. The summed E-state index contributed by atoms with van der Waals surface area (Å²) in [5, 5.41) is 3.17. The van der Waals surface area contributed by atoms with E-state index in [2.05, 4.69) is 5.32 Å². The fraction of sp³-hybridized carbons (Fsp3) is 0.381. The predicted molar refractivity (Wildman–Crippen MR) is 111 cm³/mol. The van der Waals surface area contributed by atoms with E-state index in [4.69, 9.17) is 15.2 Å². The quantitative estimate of drug-likeness (QED) is 0.570. The van der Waals surface area contributed by atoms with E-state index < -0.39 is 24.5 Å². The number of hydrogen-bond donors (Lipinski definition) is 2. The predicted octanol–water partition coefficient (Wildman–Crippen LogP) is 3.57. The molecule has 0 bridgehead atoms. The molecule has 3 rings (SSSR count). The highest BCUT2D eigenvalue weighted by Gasteiger charge is 2.26. The van der Waals surface area contributed by atoms with Crippen molar-refractivity contribution in [3.8, 4) is 0 Å². The summed E-state index contributed by atoms with van der Waals surface area (Å²) < 4.78 is 10.0. The highest BCUT2D eigenvalue weighted by molar-refractivity contribution is 7.17. The van der Waals surface area contributed by atoms with Gasteiger partial charge < -0.3 is 20.5 Å². The number of anilines is 2. The zero-order valence-corrected chi connectivity index (χ0v) is 17.1. The molecule has 154 valence electrons. The third-order valence-electron chi connectivity index (χ3n) is 4.77. The maximum Gasteiger partial charge on any atom is 0.341 e. The SMILES string of the molecule is COC(=O)c1c(NC(=O)COC(=O)c2cccc(N)c2)sc2c1CCCCCC2. The van der Waals surface area contributed by atoms with Crippen molar-refractivity contribution in [1.29, 1.82) is 0 Å². The molecule has 0 spiro atoms. The highest BCUT2D eigenvalue weighted by Crippen LogP contribution is 2.37. The van der Waals surface area contributed by atoms with Crippen molar-refractivity contribution < 1.29 is 23.9 Å². The molecule has 1 aliphatic rings. The molecule has 3 N–H and O–H groups in total. The van der Waals surface area contributed by atoms with Gasteiger partial charge in [-0.3, -0.25) is 4.79 Å². The number of hydrogen-bond acceptors (Lipinski definition) is 7. The summed E-state index contributed by atoms with van der Waals surface area (Å²) in [6, 6.07) is 6.33. The normalized spacial score (nSPS) is 13.6. The number of benzene rings is 1. The molecule has 1 amide bonds. The minimum absolute atomic E-state index is 0.270. The lowest BCUT2D eigenvalue weighted by atomic mass is 9.96. The molecule has 0 fully saturated rings. The number of carbonyl (C=O) groups is 3. The average Bonchev–Trinajstić information content (AvgIpc) is 3.01. The molecular formula is C21H24N2O5S. The number of thiophene rings is 1. The van der Waals surface area contributed by atoms with Crippen LogP contribution < -0.4 is 11.1 Å². The average molecular weight is 416 g/mol. The number of ether oxygens (including phenoxy) is 2.